The Morgan fingerprint density at radius 2 is 1.94 bits per heavy atom. The quantitative estimate of drug-likeness (QED) is 0.759. The van der Waals surface area contributed by atoms with Crippen LogP contribution in [0.1, 0.15) is 6.92 Å². The number of aromatic nitrogens is 2. The van der Waals surface area contributed by atoms with E-state index in [1.807, 2.05) is 17.8 Å². The second kappa shape index (κ2) is 4.66. The van der Waals surface area contributed by atoms with Crippen LogP contribution in [-0.2, 0) is 17.1 Å². The lowest BCUT2D eigenvalue weighted by Crippen LogP contribution is -2.49. The number of sulfonamides is 1. The molecule has 0 bridgehead atoms. The first kappa shape index (κ1) is 12.4. The van der Waals surface area contributed by atoms with Crippen LogP contribution in [0.4, 0.5) is 5.95 Å². The average molecular weight is 258 g/mol. The molecule has 0 aliphatic carbocycles. The van der Waals surface area contributed by atoms with Gasteiger partial charge in [-0.1, -0.05) is 0 Å². The van der Waals surface area contributed by atoms with Gasteiger partial charge >= 0.3 is 0 Å². The van der Waals surface area contributed by atoms with Crippen LogP contribution in [0.15, 0.2) is 12.4 Å². The van der Waals surface area contributed by atoms with E-state index < -0.39 is 10.0 Å². The standard InChI is InChI=1S/C10H18N4O2S/c1-3-17(15,16)14-8-6-13(7-9-14)10-11-4-5-12(10)2/h4-5H,3,6-9H2,1-2H3. The van der Waals surface area contributed by atoms with Crippen LogP contribution in [0.5, 0.6) is 0 Å². The molecule has 2 heterocycles. The highest BCUT2D eigenvalue weighted by molar-refractivity contribution is 7.89. The fourth-order valence-corrected chi connectivity index (χ4v) is 3.10. The van der Waals surface area contributed by atoms with Crippen molar-refractivity contribution in [3.05, 3.63) is 12.4 Å². The van der Waals surface area contributed by atoms with E-state index >= 15 is 0 Å². The van der Waals surface area contributed by atoms with Gasteiger partial charge in [0, 0.05) is 45.6 Å². The van der Waals surface area contributed by atoms with Crippen molar-refractivity contribution in [2.24, 2.45) is 7.05 Å². The summed E-state index contributed by atoms with van der Waals surface area (Å²) in [6.45, 7) is 4.17. The lowest BCUT2D eigenvalue weighted by atomic mass is 10.4. The van der Waals surface area contributed by atoms with Crippen LogP contribution in [-0.4, -0.2) is 54.2 Å². The minimum atomic E-state index is -3.04. The molecule has 1 fully saturated rings. The normalized spacial score (nSPS) is 18.6. The molecule has 7 heteroatoms. The summed E-state index contributed by atoms with van der Waals surface area (Å²) >= 11 is 0. The highest BCUT2D eigenvalue weighted by atomic mass is 32.2. The van der Waals surface area contributed by atoms with E-state index in [1.165, 1.54) is 0 Å². The molecule has 0 unspecified atom stereocenters. The Labute approximate surface area is 102 Å². The van der Waals surface area contributed by atoms with Crippen LogP contribution in [0, 0.1) is 0 Å². The first-order valence-electron chi connectivity index (χ1n) is 5.74. The summed E-state index contributed by atoms with van der Waals surface area (Å²) in [7, 11) is -1.10. The molecule has 96 valence electrons. The van der Waals surface area contributed by atoms with E-state index in [0.29, 0.717) is 26.2 Å². The largest absolute Gasteiger partial charge is 0.340 e. The molecule has 1 aromatic rings. The van der Waals surface area contributed by atoms with Crippen molar-refractivity contribution in [3.8, 4) is 0 Å². The summed E-state index contributed by atoms with van der Waals surface area (Å²) in [6.07, 6.45) is 3.65. The van der Waals surface area contributed by atoms with Gasteiger partial charge in [-0.2, -0.15) is 4.31 Å². The van der Waals surface area contributed by atoms with Crippen molar-refractivity contribution in [2.45, 2.75) is 6.92 Å². The minimum absolute atomic E-state index is 0.176. The van der Waals surface area contributed by atoms with E-state index in [0.717, 1.165) is 5.95 Å². The molecule has 0 spiro atoms. The molecule has 6 nitrogen and oxygen atoms in total. The zero-order valence-corrected chi connectivity index (χ0v) is 11.0. The maximum absolute atomic E-state index is 11.7. The minimum Gasteiger partial charge on any atom is -0.340 e. The third-order valence-corrected chi connectivity index (χ3v) is 4.96. The van der Waals surface area contributed by atoms with Crippen LogP contribution < -0.4 is 4.90 Å². The average Bonchev–Trinajstić information content (AvgIpc) is 2.76. The highest BCUT2D eigenvalue weighted by Crippen LogP contribution is 2.14. The molecule has 0 atom stereocenters. The van der Waals surface area contributed by atoms with Gasteiger partial charge in [0.2, 0.25) is 16.0 Å². The number of imidazole rings is 1. The summed E-state index contributed by atoms with van der Waals surface area (Å²) in [6, 6.07) is 0. The number of anilines is 1. The van der Waals surface area contributed by atoms with Gasteiger partial charge in [0.1, 0.15) is 0 Å². The molecular formula is C10H18N4O2S. The second-order valence-electron chi connectivity index (χ2n) is 4.12. The van der Waals surface area contributed by atoms with Gasteiger partial charge in [-0.15, -0.1) is 0 Å². The van der Waals surface area contributed by atoms with Crippen molar-refractivity contribution in [3.63, 3.8) is 0 Å². The van der Waals surface area contributed by atoms with Crippen molar-refractivity contribution in [1.82, 2.24) is 13.9 Å². The van der Waals surface area contributed by atoms with Gasteiger partial charge in [0.15, 0.2) is 0 Å². The van der Waals surface area contributed by atoms with Gasteiger partial charge < -0.3 is 9.47 Å². The highest BCUT2D eigenvalue weighted by Gasteiger charge is 2.26. The summed E-state index contributed by atoms with van der Waals surface area (Å²) < 4.78 is 26.9. The SMILES string of the molecule is CCS(=O)(=O)N1CCN(c2nccn2C)CC1. The molecule has 2 rings (SSSR count). The maximum Gasteiger partial charge on any atom is 0.213 e. The predicted molar refractivity (Wildman–Crippen MR) is 66.5 cm³/mol. The Hall–Kier alpha value is -1.08. The van der Waals surface area contributed by atoms with E-state index in [1.54, 1.807) is 17.4 Å². The Bertz CT molecular complexity index is 474. The van der Waals surface area contributed by atoms with Gasteiger partial charge in [-0.3, -0.25) is 0 Å². The third-order valence-electron chi connectivity index (χ3n) is 3.08. The monoisotopic (exact) mass is 258 g/mol. The number of rotatable bonds is 3. The summed E-state index contributed by atoms with van der Waals surface area (Å²) in [5.74, 6) is 1.08. The van der Waals surface area contributed by atoms with Crippen LogP contribution in [0.2, 0.25) is 0 Å². The zero-order chi connectivity index (χ0) is 12.5. The summed E-state index contributed by atoms with van der Waals surface area (Å²) in [5.41, 5.74) is 0. The molecule has 0 radical (unpaired) electrons. The first-order chi connectivity index (χ1) is 8.04. The molecular weight excluding hydrogens is 240 g/mol. The van der Waals surface area contributed by atoms with Gasteiger partial charge in [0.05, 0.1) is 5.75 Å². The summed E-state index contributed by atoms with van der Waals surface area (Å²) in [4.78, 5) is 6.38. The number of hydrogen-bond donors (Lipinski definition) is 0. The lowest BCUT2D eigenvalue weighted by Gasteiger charge is -2.34. The van der Waals surface area contributed by atoms with E-state index in [9.17, 15) is 8.42 Å². The number of aryl methyl sites for hydroxylation is 1. The molecule has 1 aliphatic heterocycles. The Balaban J connectivity index is 2.02. The van der Waals surface area contributed by atoms with Crippen LogP contribution in [0.25, 0.3) is 0 Å². The van der Waals surface area contributed by atoms with Crippen molar-refractivity contribution in [2.75, 3.05) is 36.8 Å². The smallest absolute Gasteiger partial charge is 0.213 e. The van der Waals surface area contributed by atoms with Crippen molar-refractivity contribution in [1.29, 1.82) is 0 Å². The van der Waals surface area contributed by atoms with Crippen LogP contribution in [0.3, 0.4) is 0 Å². The predicted octanol–water partition coefficient (Wildman–Crippen LogP) is -0.108. The summed E-state index contributed by atoms with van der Waals surface area (Å²) in [5, 5.41) is 0. The Kier molecular flexibility index (Phi) is 3.39. The lowest BCUT2D eigenvalue weighted by molar-refractivity contribution is 0.382. The zero-order valence-electron chi connectivity index (χ0n) is 10.2. The first-order valence-corrected chi connectivity index (χ1v) is 7.35. The molecule has 0 aromatic carbocycles. The van der Waals surface area contributed by atoms with E-state index in [2.05, 4.69) is 9.88 Å². The topological polar surface area (TPSA) is 58.4 Å². The maximum atomic E-state index is 11.7. The molecule has 1 aliphatic rings. The molecule has 0 N–H and O–H groups in total. The van der Waals surface area contributed by atoms with Crippen LogP contribution >= 0.6 is 0 Å². The van der Waals surface area contributed by atoms with Gasteiger partial charge in [0.25, 0.3) is 0 Å². The fourth-order valence-electron chi connectivity index (χ4n) is 2.01. The molecule has 1 saturated heterocycles. The third kappa shape index (κ3) is 2.44. The van der Waals surface area contributed by atoms with E-state index in [-0.39, 0.29) is 5.75 Å². The van der Waals surface area contributed by atoms with Gasteiger partial charge in [-0.25, -0.2) is 13.4 Å². The number of hydrogen-bond acceptors (Lipinski definition) is 4. The number of nitrogens with zero attached hydrogens (tertiary/aromatic N) is 4. The van der Waals surface area contributed by atoms with Crippen molar-refractivity contribution < 1.29 is 8.42 Å². The number of piperazine rings is 1. The Morgan fingerprint density at radius 1 is 1.29 bits per heavy atom. The second-order valence-corrected chi connectivity index (χ2v) is 6.38. The van der Waals surface area contributed by atoms with Crippen molar-refractivity contribution >= 4 is 16.0 Å². The fraction of sp³-hybridized carbons (Fsp3) is 0.700. The van der Waals surface area contributed by atoms with Gasteiger partial charge in [-0.05, 0) is 6.92 Å². The molecule has 17 heavy (non-hydrogen) atoms. The molecule has 0 amide bonds. The Morgan fingerprint density at radius 3 is 2.41 bits per heavy atom. The van der Waals surface area contributed by atoms with E-state index in [4.69, 9.17) is 0 Å². The molecule has 1 aromatic heterocycles. The molecule has 0 saturated carbocycles.